The zero-order chi connectivity index (χ0) is 16.8. The molecule has 1 aliphatic rings. The molecule has 6 nitrogen and oxygen atoms in total. The van der Waals surface area contributed by atoms with E-state index in [1.54, 1.807) is 31.2 Å². The maximum atomic E-state index is 12.2. The summed E-state index contributed by atoms with van der Waals surface area (Å²) in [7, 11) is 0. The van der Waals surface area contributed by atoms with Gasteiger partial charge in [0, 0.05) is 18.5 Å². The first-order valence-electron chi connectivity index (χ1n) is 7.43. The number of hydrogen-bond donors (Lipinski definition) is 0. The summed E-state index contributed by atoms with van der Waals surface area (Å²) in [5.74, 6) is -0.218. The lowest BCUT2D eigenvalue weighted by atomic mass is 10.0. The molecule has 0 aliphatic carbocycles. The topological polar surface area (TPSA) is 72.9 Å². The second-order valence-electron chi connectivity index (χ2n) is 4.99. The van der Waals surface area contributed by atoms with Gasteiger partial charge in [-0.2, -0.15) is 0 Å². The molecule has 0 N–H and O–H groups in total. The van der Waals surface area contributed by atoms with Gasteiger partial charge in [0.25, 0.3) is 5.91 Å². The van der Waals surface area contributed by atoms with Gasteiger partial charge in [0.1, 0.15) is 5.75 Å². The van der Waals surface area contributed by atoms with Crippen LogP contribution in [0.2, 0.25) is 0 Å². The number of fused-ring (bicyclic) bond motifs is 1. The van der Waals surface area contributed by atoms with E-state index in [0.717, 1.165) is 0 Å². The number of anilines is 1. The highest BCUT2D eigenvalue weighted by molar-refractivity contribution is 6.02. The van der Waals surface area contributed by atoms with Crippen LogP contribution in [0.5, 0.6) is 5.75 Å². The van der Waals surface area contributed by atoms with E-state index < -0.39 is 5.97 Å². The van der Waals surface area contributed by atoms with Crippen LogP contribution < -0.4 is 9.64 Å². The minimum absolute atomic E-state index is 0.0308. The molecule has 1 amide bonds. The van der Waals surface area contributed by atoms with Gasteiger partial charge in [-0.3, -0.25) is 14.4 Å². The molecular weight excluding hydrogens is 298 g/mol. The van der Waals surface area contributed by atoms with Crippen molar-refractivity contribution >= 4 is 23.3 Å². The highest BCUT2D eigenvalue weighted by Gasteiger charge is 2.25. The maximum Gasteiger partial charge on any atom is 0.306 e. The molecule has 0 saturated heterocycles. The Labute approximate surface area is 134 Å². The summed E-state index contributed by atoms with van der Waals surface area (Å²) in [5, 5.41) is 0. The van der Waals surface area contributed by atoms with Crippen molar-refractivity contribution < 1.29 is 23.9 Å². The van der Waals surface area contributed by atoms with E-state index in [-0.39, 0.29) is 31.1 Å². The number of ketones is 1. The number of carbonyl (C=O) groups is 3. The van der Waals surface area contributed by atoms with Gasteiger partial charge in [0.2, 0.25) is 0 Å². The van der Waals surface area contributed by atoms with Gasteiger partial charge in [-0.05, 0) is 25.1 Å². The van der Waals surface area contributed by atoms with Crippen molar-refractivity contribution in [2.24, 2.45) is 0 Å². The summed E-state index contributed by atoms with van der Waals surface area (Å²) in [6, 6.07) is 4.91. The summed E-state index contributed by atoms with van der Waals surface area (Å²) < 4.78 is 10.2. The van der Waals surface area contributed by atoms with E-state index in [0.29, 0.717) is 30.2 Å². The van der Waals surface area contributed by atoms with Crippen molar-refractivity contribution in [3.05, 3.63) is 36.4 Å². The second kappa shape index (κ2) is 7.58. The van der Waals surface area contributed by atoms with E-state index >= 15 is 0 Å². The Hall–Kier alpha value is -2.63. The Kier molecular flexibility index (Phi) is 5.51. The van der Waals surface area contributed by atoms with Crippen molar-refractivity contribution in [1.82, 2.24) is 0 Å². The normalized spacial score (nSPS) is 13.1. The van der Waals surface area contributed by atoms with Crippen LogP contribution in [-0.2, 0) is 14.3 Å². The first kappa shape index (κ1) is 16.7. The largest absolute Gasteiger partial charge is 0.482 e. The van der Waals surface area contributed by atoms with Gasteiger partial charge in [-0.15, -0.1) is 6.58 Å². The third kappa shape index (κ3) is 3.97. The SMILES string of the molecule is C=CCN1C(=O)COc2ccc(C(=O)CCC(=O)OCC)cc21. The van der Waals surface area contributed by atoms with E-state index in [4.69, 9.17) is 9.47 Å². The molecule has 122 valence electrons. The summed E-state index contributed by atoms with van der Waals surface area (Å²) in [6.07, 6.45) is 1.71. The number of rotatable bonds is 7. The van der Waals surface area contributed by atoms with Gasteiger partial charge in [0.05, 0.1) is 18.7 Å². The van der Waals surface area contributed by atoms with Gasteiger partial charge >= 0.3 is 5.97 Å². The Morgan fingerprint density at radius 2 is 2.17 bits per heavy atom. The van der Waals surface area contributed by atoms with E-state index in [1.165, 1.54) is 4.90 Å². The minimum Gasteiger partial charge on any atom is -0.482 e. The van der Waals surface area contributed by atoms with E-state index in [2.05, 4.69) is 6.58 Å². The molecule has 0 bridgehead atoms. The first-order chi connectivity index (χ1) is 11.1. The van der Waals surface area contributed by atoms with Crippen LogP contribution >= 0.6 is 0 Å². The molecule has 0 aromatic heterocycles. The maximum absolute atomic E-state index is 12.2. The van der Waals surface area contributed by atoms with E-state index in [1.807, 2.05) is 0 Å². The summed E-state index contributed by atoms with van der Waals surface area (Å²) in [5.41, 5.74) is 0.976. The van der Waals surface area contributed by atoms with Crippen LogP contribution in [0.4, 0.5) is 5.69 Å². The fraction of sp³-hybridized carbons (Fsp3) is 0.353. The zero-order valence-corrected chi connectivity index (χ0v) is 13.0. The quantitative estimate of drug-likeness (QED) is 0.437. The lowest BCUT2D eigenvalue weighted by molar-refractivity contribution is -0.143. The van der Waals surface area contributed by atoms with Gasteiger partial charge in [-0.1, -0.05) is 6.08 Å². The van der Waals surface area contributed by atoms with Crippen LogP contribution in [0, 0.1) is 0 Å². The minimum atomic E-state index is -0.398. The van der Waals surface area contributed by atoms with E-state index in [9.17, 15) is 14.4 Å². The molecule has 0 radical (unpaired) electrons. The predicted octanol–water partition coefficient (Wildman–Crippen LogP) is 2.12. The molecule has 23 heavy (non-hydrogen) atoms. The molecule has 1 aromatic carbocycles. The number of esters is 1. The van der Waals surface area contributed by atoms with Gasteiger partial charge < -0.3 is 14.4 Å². The van der Waals surface area contributed by atoms with Crippen molar-refractivity contribution in [3.8, 4) is 5.75 Å². The number of benzene rings is 1. The van der Waals surface area contributed by atoms with Crippen LogP contribution in [-0.4, -0.2) is 37.4 Å². The molecular formula is C17H19NO5. The fourth-order valence-corrected chi connectivity index (χ4v) is 2.30. The highest BCUT2D eigenvalue weighted by atomic mass is 16.5. The molecule has 0 fully saturated rings. The van der Waals surface area contributed by atoms with Crippen molar-refractivity contribution in [2.75, 3.05) is 24.7 Å². The Balaban J connectivity index is 2.15. The molecule has 0 unspecified atom stereocenters. The summed E-state index contributed by atoms with van der Waals surface area (Å²) in [6.45, 7) is 5.96. The highest BCUT2D eigenvalue weighted by Crippen LogP contribution is 2.33. The lowest BCUT2D eigenvalue weighted by Gasteiger charge is -2.28. The molecule has 6 heteroatoms. The number of nitrogens with zero attached hydrogens (tertiary/aromatic N) is 1. The average Bonchev–Trinajstić information content (AvgIpc) is 2.55. The molecule has 1 aromatic rings. The Morgan fingerprint density at radius 1 is 1.39 bits per heavy atom. The van der Waals surface area contributed by atoms with Gasteiger partial charge in [-0.25, -0.2) is 0 Å². The van der Waals surface area contributed by atoms with Crippen LogP contribution in [0.15, 0.2) is 30.9 Å². The zero-order valence-electron chi connectivity index (χ0n) is 13.0. The fourth-order valence-electron chi connectivity index (χ4n) is 2.30. The number of hydrogen-bond acceptors (Lipinski definition) is 5. The van der Waals surface area contributed by atoms with Crippen molar-refractivity contribution in [2.45, 2.75) is 19.8 Å². The Morgan fingerprint density at radius 3 is 2.87 bits per heavy atom. The van der Waals surface area contributed by atoms with Gasteiger partial charge in [0.15, 0.2) is 12.4 Å². The predicted molar refractivity (Wildman–Crippen MR) is 84.7 cm³/mol. The summed E-state index contributed by atoms with van der Waals surface area (Å²) in [4.78, 5) is 37.0. The molecule has 1 heterocycles. The second-order valence-corrected chi connectivity index (χ2v) is 4.99. The number of ether oxygens (including phenoxy) is 2. The number of amides is 1. The number of carbonyl (C=O) groups excluding carboxylic acids is 3. The average molecular weight is 317 g/mol. The first-order valence-corrected chi connectivity index (χ1v) is 7.43. The third-order valence-electron chi connectivity index (χ3n) is 3.40. The monoisotopic (exact) mass is 317 g/mol. The molecule has 0 spiro atoms. The lowest BCUT2D eigenvalue weighted by Crippen LogP contribution is -2.38. The molecule has 1 aliphatic heterocycles. The van der Waals surface area contributed by atoms with Crippen molar-refractivity contribution in [3.63, 3.8) is 0 Å². The third-order valence-corrected chi connectivity index (χ3v) is 3.40. The molecule has 2 rings (SSSR count). The van der Waals surface area contributed by atoms with Crippen LogP contribution in [0.25, 0.3) is 0 Å². The van der Waals surface area contributed by atoms with Crippen LogP contribution in [0.3, 0.4) is 0 Å². The Bertz CT molecular complexity index is 638. The molecule has 0 atom stereocenters. The smallest absolute Gasteiger partial charge is 0.306 e. The summed E-state index contributed by atoms with van der Waals surface area (Å²) >= 11 is 0. The standard InChI is InChI=1S/C17H19NO5/c1-3-9-18-13-10-12(5-7-15(13)23-11-16(18)20)14(19)6-8-17(21)22-4-2/h3,5,7,10H,1,4,6,8-9,11H2,2H3. The van der Waals surface area contributed by atoms with Crippen molar-refractivity contribution in [1.29, 1.82) is 0 Å². The van der Waals surface area contributed by atoms with Crippen LogP contribution in [0.1, 0.15) is 30.1 Å². The molecule has 0 saturated carbocycles. The number of Topliss-reactive ketones (excluding diaryl/α,β-unsaturated/α-hetero) is 1.